The van der Waals surface area contributed by atoms with Crippen LogP contribution in [0.4, 0.5) is 4.39 Å². The van der Waals surface area contributed by atoms with E-state index in [2.05, 4.69) is 0 Å². The van der Waals surface area contributed by atoms with Gasteiger partial charge in [0.1, 0.15) is 17.3 Å². The molecule has 5 rings (SSSR count). The Labute approximate surface area is 205 Å². The number of hydrogen-bond donors (Lipinski definition) is 2. The third kappa shape index (κ3) is 4.13. The zero-order chi connectivity index (χ0) is 24.7. The van der Waals surface area contributed by atoms with Crippen molar-refractivity contribution in [3.05, 3.63) is 118 Å². The Kier molecular flexibility index (Phi) is 5.75. The number of aliphatic hydroxyl groups is 1. The van der Waals surface area contributed by atoms with Crippen molar-refractivity contribution >= 4 is 39.8 Å². The van der Waals surface area contributed by atoms with E-state index in [-0.39, 0.29) is 28.6 Å². The number of fused-ring (bicyclic) bond motifs is 1. The minimum Gasteiger partial charge on any atom is -0.507 e. The summed E-state index contributed by atoms with van der Waals surface area (Å²) >= 11 is 6.14. The van der Waals surface area contributed by atoms with Gasteiger partial charge in [0.25, 0.3) is 11.7 Å². The Bertz CT molecular complexity index is 1510. The van der Waals surface area contributed by atoms with Crippen LogP contribution in [0.3, 0.4) is 0 Å². The van der Waals surface area contributed by atoms with Gasteiger partial charge in [0.2, 0.25) is 0 Å². The molecule has 4 aromatic carbocycles. The number of benzene rings is 4. The van der Waals surface area contributed by atoms with E-state index in [9.17, 15) is 24.2 Å². The molecule has 1 atom stereocenters. The number of rotatable bonds is 4. The summed E-state index contributed by atoms with van der Waals surface area (Å²) in [5, 5.41) is 23.1. The Balaban J connectivity index is 1.67. The summed E-state index contributed by atoms with van der Waals surface area (Å²) in [7, 11) is 0. The van der Waals surface area contributed by atoms with E-state index in [0.29, 0.717) is 16.7 Å². The molecule has 35 heavy (non-hydrogen) atoms. The Morgan fingerprint density at radius 3 is 2.34 bits per heavy atom. The highest BCUT2D eigenvalue weighted by molar-refractivity contribution is 6.46. The van der Waals surface area contributed by atoms with Crippen LogP contribution in [-0.4, -0.2) is 26.8 Å². The fraction of sp³-hybridized carbons (Fsp3) is 0.0714. The second-order valence-electron chi connectivity index (χ2n) is 8.33. The lowest BCUT2D eigenvalue weighted by Gasteiger charge is -2.25. The molecule has 1 aliphatic rings. The van der Waals surface area contributed by atoms with Gasteiger partial charge in [0.05, 0.1) is 16.6 Å². The van der Waals surface area contributed by atoms with Gasteiger partial charge in [-0.25, -0.2) is 4.39 Å². The van der Waals surface area contributed by atoms with Crippen molar-refractivity contribution in [3.8, 4) is 5.75 Å². The summed E-state index contributed by atoms with van der Waals surface area (Å²) in [5.41, 5.74) is 1.35. The maximum absolute atomic E-state index is 13.4. The van der Waals surface area contributed by atoms with Gasteiger partial charge in [-0.1, -0.05) is 66.2 Å². The second-order valence-corrected chi connectivity index (χ2v) is 8.73. The van der Waals surface area contributed by atoms with E-state index in [4.69, 9.17) is 11.6 Å². The molecule has 1 saturated heterocycles. The maximum Gasteiger partial charge on any atom is 0.295 e. The van der Waals surface area contributed by atoms with Gasteiger partial charge in [-0.05, 0) is 52.2 Å². The van der Waals surface area contributed by atoms with Crippen molar-refractivity contribution in [1.82, 2.24) is 4.90 Å². The van der Waals surface area contributed by atoms with E-state index in [1.54, 1.807) is 18.2 Å². The summed E-state index contributed by atoms with van der Waals surface area (Å²) < 4.78 is 13.4. The van der Waals surface area contributed by atoms with Crippen LogP contribution in [-0.2, 0) is 16.1 Å². The fourth-order valence-electron chi connectivity index (χ4n) is 4.36. The Morgan fingerprint density at radius 2 is 1.63 bits per heavy atom. The van der Waals surface area contributed by atoms with Crippen LogP contribution in [0, 0.1) is 5.82 Å². The number of likely N-dealkylation sites (tertiary alicyclic amines) is 1. The van der Waals surface area contributed by atoms with Crippen molar-refractivity contribution in [1.29, 1.82) is 0 Å². The van der Waals surface area contributed by atoms with Crippen LogP contribution < -0.4 is 0 Å². The first-order valence-corrected chi connectivity index (χ1v) is 11.2. The number of aromatic hydroxyl groups is 1. The largest absolute Gasteiger partial charge is 0.507 e. The van der Waals surface area contributed by atoms with Crippen LogP contribution in [0.5, 0.6) is 5.75 Å². The molecule has 1 amide bonds. The molecule has 1 aliphatic heterocycles. The van der Waals surface area contributed by atoms with Crippen LogP contribution in [0.2, 0.25) is 5.02 Å². The summed E-state index contributed by atoms with van der Waals surface area (Å²) in [6, 6.07) is 21.8. The van der Waals surface area contributed by atoms with Gasteiger partial charge in [0, 0.05) is 12.1 Å². The number of nitrogens with zero attached hydrogens (tertiary/aromatic N) is 1. The number of halogens is 2. The number of amides is 1. The Hall–Kier alpha value is -4.16. The van der Waals surface area contributed by atoms with Crippen molar-refractivity contribution < 1.29 is 24.2 Å². The molecule has 2 N–H and O–H groups in total. The average Bonchev–Trinajstić information content (AvgIpc) is 3.11. The molecule has 0 bridgehead atoms. The molecule has 7 heteroatoms. The number of phenolic OH excluding ortho intramolecular Hbond substituents is 1. The fourth-order valence-corrected chi connectivity index (χ4v) is 4.55. The third-order valence-corrected chi connectivity index (χ3v) is 6.42. The molecule has 5 nitrogen and oxygen atoms in total. The lowest BCUT2D eigenvalue weighted by Crippen LogP contribution is -2.29. The predicted molar refractivity (Wildman–Crippen MR) is 131 cm³/mol. The number of hydrogen-bond acceptors (Lipinski definition) is 4. The van der Waals surface area contributed by atoms with Crippen molar-refractivity contribution in [2.45, 2.75) is 12.6 Å². The molecule has 4 aromatic rings. The topological polar surface area (TPSA) is 77.8 Å². The molecule has 1 heterocycles. The number of Topliss-reactive ketones (excluding diaryl/α,β-unsaturated/α-hetero) is 1. The normalized spacial score (nSPS) is 17.3. The van der Waals surface area contributed by atoms with E-state index in [1.165, 1.54) is 41.3 Å². The average molecular weight is 488 g/mol. The summed E-state index contributed by atoms with van der Waals surface area (Å²) in [6.07, 6.45) is 0. The molecule has 174 valence electrons. The molecule has 1 unspecified atom stereocenters. The maximum atomic E-state index is 13.4. The van der Waals surface area contributed by atoms with Gasteiger partial charge in [-0.3, -0.25) is 9.59 Å². The van der Waals surface area contributed by atoms with Gasteiger partial charge in [0.15, 0.2) is 0 Å². The first kappa shape index (κ1) is 22.6. The van der Waals surface area contributed by atoms with Gasteiger partial charge in [-0.15, -0.1) is 0 Å². The van der Waals surface area contributed by atoms with Crippen molar-refractivity contribution in [3.63, 3.8) is 0 Å². The zero-order valence-corrected chi connectivity index (χ0v) is 19.0. The first-order valence-electron chi connectivity index (χ1n) is 10.8. The number of carbonyl (C=O) groups excluding carboxylic acids is 2. The molecule has 1 fully saturated rings. The number of aliphatic hydroxyl groups excluding tert-OH is 1. The lowest BCUT2D eigenvalue weighted by molar-refractivity contribution is -0.140. The molecule has 0 spiro atoms. The molecule has 0 radical (unpaired) electrons. The quantitative estimate of drug-likeness (QED) is 0.211. The Morgan fingerprint density at radius 1 is 0.914 bits per heavy atom. The van der Waals surface area contributed by atoms with Gasteiger partial charge in [-0.2, -0.15) is 0 Å². The minimum atomic E-state index is -0.968. The molecule has 0 aliphatic carbocycles. The summed E-state index contributed by atoms with van der Waals surface area (Å²) in [4.78, 5) is 27.7. The zero-order valence-electron chi connectivity index (χ0n) is 18.3. The highest BCUT2D eigenvalue weighted by Gasteiger charge is 2.46. The standard InChI is InChI=1S/C28H19ClFNO4/c29-22-14-19(9-12-23(22)32)25-24(26(33)20-8-7-17-3-1-2-4-18(17)13-20)27(34)28(35)31(25)15-16-5-10-21(30)11-6-16/h1-14,25,32-33H,15H2/b26-24-. The van der Waals surface area contributed by atoms with Crippen LogP contribution in [0.25, 0.3) is 16.5 Å². The molecular formula is C28H19ClFNO4. The van der Waals surface area contributed by atoms with Gasteiger partial charge >= 0.3 is 0 Å². The number of phenols is 1. The highest BCUT2D eigenvalue weighted by atomic mass is 35.5. The molecule has 0 aromatic heterocycles. The third-order valence-electron chi connectivity index (χ3n) is 6.12. The first-order chi connectivity index (χ1) is 16.8. The van der Waals surface area contributed by atoms with Crippen molar-refractivity contribution in [2.75, 3.05) is 0 Å². The van der Waals surface area contributed by atoms with Crippen molar-refractivity contribution in [2.24, 2.45) is 0 Å². The van der Waals surface area contributed by atoms with Crippen LogP contribution >= 0.6 is 11.6 Å². The van der Waals surface area contributed by atoms with Gasteiger partial charge < -0.3 is 15.1 Å². The van der Waals surface area contributed by atoms with E-state index in [0.717, 1.165) is 10.8 Å². The second kappa shape index (κ2) is 8.89. The van der Waals surface area contributed by atoms with E-state index < -0.39 is 23.5 Å². The summed E-state index contributed by atoms with van der Waals surface area (Å²) in [6.45, 7) is 0.00250. The van der Waals surface area contributed by atoms with E-state index >= 15 is 0 Å². The smallest absolute Gasteiger partial charge is 0.295 e. The van der Waals surface area contributed by atoms with E-state index in [1.807, 2.05) is 30.3 Å². The highest BCUT2D eigenvalue weighted by Crippen LogP contribution is 2.42. The monoisotopic (exact) mass is 487 g/mol. The number of carbonyl (C=O) groups is 2. The minimum absolute atomic E-state index is 0.00250. The number of ketones is 1. The van der Waals surface area contributed by atoms with Crippen LogP contribution in [0.1, 0.15) is 22.7 Å². The van der Waals surface area contributed by atoms with Crippen LogP contribution in [0.15, 0.2) is 90.5 Å². The predicted octanol–water partition coefficient (Wildman–Crippen LogP) is 5.96. The SMILES string of the molecule is O=C1C(=O)N(Cc2ccc(F)cc2)C(c2ccc(O)c(Cl)c2)/C1=C(/O)c1ccc2ccccc2c1. The summed E-state index contributed by atoms with van der Waals surface area (Å²) in [5.74, 6) is -2.53. The molecule has 0 saturated carbocycles. The lowest BCUT2D eigenvalue weighted by atomic mass is 9.94. The molecular weight excluding hydrogens is 469 g/mol.